The van der Waals surface area contributed by atoms with Gasteiger partial charge < -0.3 is 0 Å². The van der Waals surface area contributed by atoms with Crippen LogP contribution in [0.25, 0.3) is 0 Å². The molecule has 0 bridgehead atoms. The first-order valence-corrected chi connectivity index (χ1v) is 11.6. The van der Waals surface area contributed by atoms with Crippen molar-refractivity contribution in [3.8, 4) is 0 Å². The Morgan fingerprint density at radius 2 is 1.16 bits per heavy atom. The fourth-order valence-corrected chi connectivity index (χ4v) is 3.56. The molecule has 2 N–H and O–H groups in total. The molecule has 0 saturated carbocycles. The van der Waals surface area contributed by atoms with E-state index in [1.165, 1.54) is 24.2 Å². The summed E-state index contributed by atoms with van der Waals surface area (Å²) >= 11 is 25.0. The summed E-state index contributed by atoms with van der Waals surface area (Å²) in [6.07, 6.45) is 3.52. The van der Waals surface area contributed by atoms with E-state index < -0.39 is 0 Å². The van der Waals surface area contributed by atoms with Gasteiger partial charge in [-0.15, -0.1) is 0 Å². The standard InChI is InChI=1S/C20H18Cl4N4O2S/c21-15-3-1-13(9-17(15)23)11-25-27-19(29)5-7-31-8-6-20(30)28-26-12-14-2-4-16(22)18(24)10-14/h1-4,9-12H,5-8H2,(H,27,29)(H,28,30)/b25-11-,26-12-. The zero-order chi connectivity index (χ0) is 22.6. The number of thioether (sulfide) groups is 1. The molecule has 0 unspecified atom stereocenters. The first-order chi connectivity index (χ1) is 14.8. The van der Waals surface area contributed by atoms with Gasteiger partial charge in [0.15, 0.2) is 0 Å². The van der Waals surface area contributed by atoms with E-state index in [2.05, 4.69) is 21.1 Å². The molecule has 2 rings (SSSR count). The number of rotatable bonds is 10. The molecular weight excluding hydrogens is 502 g/mol. The van der Waals surface area contributed by atoms with Gasteiger partial charge in [0.2, 0.25) is 11.8 Å². The molecule has 164 valence electrons. The van der Waals surface area contributed by atoms with Crippen molar-refractivity contribution < 1.29 is 9.59 Å². The fraction of sp³-hybridized carbons (Fsp3) is 0.200. The number of nitrogens with zero attached hydrogens (tertiary/aromatic N) is 2. The van der Waals surface area contributed by atoms with E-state index in [9.17, 15) is 9.59 Å². The molecule has 11 heteroatoms. The highest BCUT2D eigenvalue weighted by atomic mass is 35.5. The summed E-state index contributed by atoms with van der Waals surface area (Å²) in [5, 5.41) is 9.48. The van der Waals surface area contributed by atoms with Gasteiger partial charge in [-0.2, -0.15) is 22.0 Å². The molecule has 0 aromatic heterocycles. The second-order valence-electron chi connectivity index (χ2n) is 6.05. The topological polar surface area (TPSA) is 82.9 Å². The van der Waals surface area contributed by atoms with Gasteiger partial charge in [0.25, 0.3) is 0 Å². The summed E-state index contributed by atoms with van der Waals surface area (Å²) in [4.78, 5) is 23.5. The number of carbonyl (C=O) groups excluding carboxylic acids is 2. The normalized spacial score (nSPS) is 11.2. The zero-order valence-corrected chi connectivity index (χ0v) is 19.9. The van der Waals surface area contributed by atoms with Crippen molar-refractivity contribution in [2.24, 2.45) is 10.2 Å². The van der Waals surface area contributed by atoms with E-state index in [-0.39, 0.29) is 24.7 Å². The monoisotopic (exact) mass is 518 g/mol. The van der Waals surface area contributed by atoms with Crippen LogP contribution in [0.3, 0.4) is 0 Å². The molecule has 0 heterocycles. The maximum atomic E-state index is 11.8. The minimum absolute atomic E-state index is 0.223. The average molecular weight is 520 g/mol. The Balaban J connectivity index is 1.57. The molecule has 0 saturated heterocycles. The van der Waals surface area contributed by atoms with Crippen LogP contribution < -0.4 is 10.9 Å². The van der Waals surface area contributed by atoms with Crippen LogP contribution in [0.5, 0.6) is 0 Å². The molecule has 0 aliphatic carbocycles. The van der Waals surface area contributed by atoms with Crippen LogP contribution in [0.4, 0.5) is 0 Å². The predicted octanol–water partition coefficient (Wildman–Crippen LogP) is 5.41. The van der Waals surface area contributed by atoms with Crippen LogP contribution in [0.15, 0.2) is 46.6 Å². The minimum Gasteiger partial charge on any atom is -0.273 e. The lowest BCUT2D eigenvalue weighted by Crippen LogP contribution is -2.19. The summed E-state index contributed by atoms with van der Waals surface area (Å²) < 4.78 is 0. The van der Waals surface area contributed by atoms with Gasteiger partial charge in [-0.05, 0) is 35.4 Å². The smallest absolute Gasteiger partial charge is 0.240 e. The summed E-state index contributed by atoms with van der Waals surface area (Å²) in [6, 6.07) is 10.1. The van der Waals surface area contributed by atoms with Gasteiger partial charge in [-0.1, -0.05) is 58.5 Å². The molecule has 2 amide bonds. The number of halogens is 4. The first kappa shape index (κ1) is 25.5. The molecule has 0 aliphatic heterocycles. The number of hydrogen-bond acceptors (Lipinski definition) is 5. The number of hydrogen-bond donors (Lipinski definition) is 2. The van der Waals surface area contributed by atoms with E-state index in [0.29, 0.717) is 31.6 Å². The molecule has 0 aliphatic rings. The SMILES string of the molecule is O=C(CCSCCC(=O)N/N=C\c1ccc(Cl)c(Cl)c1)N/N=C\c1ccc(Cl)c(Cl)c1. The molecule has 2 aromatic rings. The van der Waals surface area contributed by atoms with Gasteiger partial charge in [0.05, 0.1) is 32.5 Å². The summed E-state index contributed by atoms with van der Waals surface area (Å²) in [6.45, 7) is 0. The van der Waals surface area contributed by atoms with Crippen molar-refractivity contribution in [1.82, 2.24) is 10.9 Å². The van der Waals surface area contributed by atoms with Crippen molar-refractivity contribution in [1.29, 1.82) is 0 Å². The number of amides is 2. The Labute approximate surface area is 204 Å². The summed E-state index contributed by atoms with van der Waals surface area (Å²) in [7, 11) is 0. The van der Waals surface area contributed by atoms with Crippen LogP contribution in [0.2, 0.25) is 20.1 Å². The van der Waals surface area contributed by atoms with E-state index in [0.717, 1.165) is 11.1 Å². The van der Waals surface area contributed by atoms with Gasteiger partial charge in [-0.25, -0.2) is 10.9 Å². The third kappa shape index (κ3) is 9.93. The highest BCUT2D eigenvalue weighted by Crippen LogP contribution is 2.22. The highest BCUT2D eigenvalue weighted by Gasteiger charge is 2.03. The van der Waals surface area contributed by atoms with Crippen molar-refractivity contribution >= 4 is 82.4 Å². The van der Waals surface area contributed by atoms with Crippen molar-refractivity contribution in [3.05, 3.63) is 67.6 Å². The molecule has 0 fully saturated rings. The second kappa shape index (κ2) is 13.6. The predicted molar refractivity (Wildman–Crippen MR) is 131 cm³/mol. The Morgan fingerprint density at radius 3 is 1.55 bits per heavy atom. The average Bonchev–Trinajstić information content (AvgIpc) is 2.73. The molecule has 0 atom stereocenters. The minimum atomic E-state index is -0.223. The van der Waals surface area contributed by atoms with Crippen LogP contribution in [-0.2, 0) is 9.59 Å². The number of carbonyl (C=O) groups is 2. The Morgan fingerprint density at radius 1 is 0.742 bits per heavy atom. The lowest BCUT2D eigenvalue weighted by Gasteiger charge is -2.02. The maximum absolute atomic E-state index is 11.8. The molecular formula is C20H18Cl4N4O2S. The van der Waals surface area contributed by atoms with Gasteiger partial charge in [0.1, 0.15) is 0 Å². The maximum Gasteiger partial charge on any atom is 0.240 e. The van der Waals surface area contributed by atoms with Crippen molar-refractivity contribution in [3.63, 3.8) is 0 Å². The second-order valence-corrected chi connectivity index (χ2v) is 8.90. The Bertz CT molecular complexity index is 908. The molecule has 31 heavy (non-hydrogen) atoms. The van der Waals surface area contributed by atoms with Crippen LogP contribution in [-0.4, -0.2) is 35.7 Å². The van der Waals surface area contributed by atoms with Crippen molar-refractivity contribution in [2.75, 3.05) is 11.5 Å². The van der Waals surface area contributed by atoms with E-state index in [1.807, 2.05) is 0 Å². The number of benzene rings is 2. The van der Waals surface area contributed by atoms with Crippen LogP contribution >= 0.6 is 58.2 Å². The van der Waals surface area contributed by atoms with Crippen LogP contribution in [0, 0.1) is 0 Å². The Hall–Kier alpha value is -1.77. The van der Waals surface area contributed by atoms with E-state index in [1.54, 1.807) is 36.4 Å². The number of nitrogens with one attached hydrogen (secondary N) is 2. The molecule has 0 spiro atoms. The third-order valence-electron chi connectivity index (χ3n) is 3.64. The van der Waals surface area contributed by atoms with Crippen molar-refractivity contribution in [2.45, 2.75) is 12.8 Å². The van der Waals surface area contributed by atoms with Gasteiger partial charge >= 0.3 is 0 Å². The van der Waals surface area contributed by atoms with E-state index in [4.69, 9.17) is 46.4 Å². The zero-order valence-electron chi connectivity index (χ0n) is 16.1. The summed E-state index contributed by atoms with van der Waals surface area (Å²) in [5.41, 5.74) is 6.32. The quantitative estimate of drug-likeness (QED) is 0.250. The molecule has 2 aromatic carbocycles. The molecule has 0 radical (unpaired) electrons. The lowest BCUT2D eigenvalue weighted by atomic mass is 10.2. The molecule has 6 nitrogen and oxygen atoms in total. The first-order valence-electron chi connectivity index (χ1n) is 8.97. The van der Waals surface area contributed by atoms with Gasteiger partial charge in [0, 0.05) is 24.3 Å². The summed E-state index contributed by atoms with van der Waals surface area (Å²) in [5.74, 6) is 0.681. The van der Waals surface area contributed by atoms with Crippen LogP contribution in [0.1, 0.15) is 24.0 Å². The lowest BCUT2D eigenvalue weighted by molar-refractivity contribution is -0.121. The largest absolute Gasteiger partial charge is 0.273 e. The number of hydrazone groups is 2. The van der Waals surface area contributed by atoms with E-state index >= 15 is 0 Å². The highest BCUT2D eigenvalue weighted by molar-refractivity contribution is 7.99. The third-order valence-corrected chi connectivity index (χ3v) is 6.10. The van der Waals surface area contributed by atoms with Gasteiger partial charge in [-0.3, -0.25) is 9.59 Å². The Kier molecular flexibility index (Phi) is 11.2. The fourth-order valence-electron chi connectivity index (χ4n) is 2.09.